The first-order valence-electron chi connectivity index (χ1n) is 6.34. The van der Waals surface area contributed by atoms with Gasteiger partial charge < -0.3 is 14.5 Å². The number of carbonyl (C=O) groups excluding carboxylic acids is 1. The van der Waals surface area contributed by atoms with Crippen molar-refractivity contribution < 1.29 is 9.53 Å². The summed E-state index contributed by atoms with van der Waals surface area (Å²) in [6.45, 7) is 2.02. The second kappa shape index (κ2) is 5.52. The Morgan fingerprint density at radius 1 is 1.53 bits per heavy atom. The van der Waals surface area contributed by atoms with Crippen LogP contribution in [0.5, 0.6) is 0 Å². The summed E-state index contributed by atoms with van der Waals surface area (Å²) in [4.78, 5) is 24.7. The van der Waals surface area contributed by atoms with E-state index in [-0.39, 0.29) is 0 Å². The highest BCUT2D eigenvalue weighted by atomic mass is 16.5. The quantitative estimate of drug-likeness (QED) is 0.751. The van der Waals surface area contributed by atoms with Crippen LogP contribution in [-0.4, -0.2) is 62.2 Å². The molecule has 0 spiro atoms. The number of anilines is 1. The molecule has 104 valence electrons. The lowest BCUT2D eigenvalue weighted by molar-refractivity contribution is 0.0600. The lowest BCUT2D eigenvalue weighted by Crippen LogP contribution is -2.20. The molecule has 0 aliphatic carbocycles. The number of nitrogens with zero attached hydrogens (tertiary/aromatic N) is 4. The summed E-state index contributed by atoms with van der Waals surface area (Å²) in [5.41, 5.74) is 0.405. The smallest absolute Gasteiger partial charge is 0.343 e. The van der Waals surface area contributed by atoms with Crippen LogP contribution in [0, 0.1) is 0 Å². The molecule has 0 radical (unpaired) electrons. The van der Waals surface area contributed by atoms with Crippen LogP contribution in [0.3, 0.4) is 0 Å². The Hall–Kier alpha value is -1.69. The van der Waals surface area contributed by atoms with Gasteiger partial charge in [0.1, 0.15) is 17.2 Å². The van der Waals surface area contributed by atoms with Gasteiger partial charge in [-0.1, -0.05) is 0 Å². The molecule has 1 aliphatic heterocycles. The zero-order chi connectivity index (χ0) is 14.0. The molecular formula is C13H20N4O2. The van der Waals surface area contributed by atoms with Crippen LogP contribution in [-0.2, 0) is 4.74 Å². The van der Waals surface area contributed by atoms with Gasteiger partial charge in [0.05, 0.1) is 7.11 Å². The Kier molecular flexibility index (Phi) is 3.99. The Balaban J connectivity index is 2.33. The van der Waals surface area contributed by atoms with Gasteiger partial charge >= 0.3 is 5.97 Å². The number of hydrogen-bond donors (Lipinski definition) is 0. The van der Waals surface area contributed by atoms with Gasteiger partial charge in [0.25, 0.3) is 0 Å². The van der Waals surface area contributed by atoms with E-state index in [4.69, 9.17) is 4.74 Å². The first-order valence-corrected chi connectivity index (χ1v) is 6.34. The molecule has 2 heterocycles. The molecule has 1 aromatic rings. The number of carbonyl (C=O) groups is 1. The monoisotopic (exact) mass is 264 g/mol. The minimum Gasteiger partial charge on any atom is -0.465 e. The SMILES string of the molecule is COC(=O)c1cnc(C2CCN(C)C2)nc1N(C)C. The molecule has 19 heavy (non-hydrogen) atoms. The largest absolute Gasteiger partial charge is 0.465 e. The van der Waals surface area contributed by atoms with Crippen LogP contribution in [0.1, 0.15) is 28.5 Å². The van der Waals surface area contributed by atoms with E-state index < -0.39 is 5.97 Å². The number of aromatic nitrogens is 2. The first kappa shape index (κ1) is 13.7. The molecule has 1 aliphatic rings. The van der Waals surface area contributed by atoms with Crippen LogP contribution in [0.25, 0.3) is 0 Å². The Bertz CT molecular complexity index is 476. The van der Waals surface area contributed by atoms with Crippen molar-refractivity contribution >= 4 is 11.8 Å². The minimum atomic E-state index is -0.404. The van der Waals surface area contributed by atoms with Crippen LogP contribution in [0.4, 0.5) is 5.82 Å². The molecule has 1 unspecified atom stereocenters. The number of likely N-dealkylation sites (N-methyl/N-ethyl adjacent to an activating group) is 1. The number of hydrogen-bond acceptors (Lipinski definition) is 6. The van der Waals surface area contributed by atoms with E-state index in [1.54, 1.807) is 6.20 Å². The minimum absolute atomic E-state index is 0.343. The molecular weight excluding hydrogens is 244 g/mol. The van der Waals surface area contributed by atoms with Crippen molar-refractivity contribution in [1.82, 2.24) is 14.9 Å². The van der Waals surface area contributed by atoms with Gasteiger partial charge in [0.15, 0.2) is 0 Å². The molecule has 0 aromatic carbocycles. The Labute approximate surface area is 113 Å². The predicted octanol–water partition coefficient (Wildman–Crippen LogP) is 0.748. The molecule has 1 fully saturated rings. The summed E-state index contributed by atoms with van der Waals surface area (Å²) >= 11 is 0. The molecule has 6 heteroatoms. The van der Waals surface area contributed by atoms with Crippen molar-refractivity contribution in [3.05, 3.63) is 17.6 Å². The summed E-state index contributed by atoms with van der Waals surface area (Å²) in [5, 5.41) is 0. The average Bonchev–Trinajstić information content (AvgIpc) is 2.83. The molecule has 0 saturated carbocycles. The van der Waals surface area contributed by atoms with E-state index in [2.05, 4.69) is 21.9 Å². The summed E-state index contributed by atoms with van der Waals surface area (Å²) in [5.74, 6) is 1.36. The average molecular weight is 264 g/mol. The Morgan fingerprint density at radius 3 is 2.79 bits per heavy atom. The van der Waals surface area contributed by atoms with Crippen molar-refractivity contribution in [2.45, 2.75) is 12.3 Å². The third-order valence-corrected chi connectivity index (χ3v) is 3.37. The van der Waals surface area contributed by atoms with Crippen molar-refractivity contribution in [1.29, 1.82) is 0 Å². The van der Waals surface area contributed by atoms with E-state index in [9.17, 15) is 4.79 Å². The van der Waals surface area contributed by atoms with Gasteiger partial charge in [-0.2, -0.15) is 0 Å². The number of rotatable bonds is 3. The van der Waals surface area contributed by atoms with E-state index in [1.807, 2.05) is 19.0 Å². The molecule has 1 atom stereocenters. The third kappa shape index (κ3) is 2.84. The summed E-state index contributed by atoms with van der Waals surface area (Å²) < 4.78 is 4.76. The molecule has 2 rings (SSSR count). The zero-order valence-corrected chi connectivity index (χ0v) is 11.9. The fourth-order valence-corrected chi connectivity index (χ4v) is 2.32. The van der Waals surface area contributed by atoms with Gasteiger partial charge in [0, 0.05) is 32.8 Å². The van der Waals surface area contributed by atoms with Gasteiger partial charge in [-0.05, 0) is 20.0 Å². The van der Waals surface area contributed by atoms with Gasteiger partial charge in [-0.3, -0.25) is 0 Å². The van der Waals surface area contributed by atoms with Crippen LogP contribution in [0.2, 0.25) is 0 Å². The van der Waals surface area contributed by atoms with Crippen molar-refractivity contribution in [3.8, 4) is 0 Å². The normalized spacial score (nSPS) is 19.5. The summed E-state index contributed by atoms with van der Waals surface area (Å²) in [6.07, 6.45) is 2.63. The molecule has 0 amide bonds. The van der Waals surface area contributed by atoms with Gasteiger partial charge in [-0.25, -0.2) is 14.8 Å². The van der Waals surface area contributed by atoms with E-state index in [0.717, 1.165) is 25.3 Å². The van der Waals surface area contributed by atoms with Crippen molar-refractivity contribution in [2.75, 3.05) is 46.2 Å². The van der Waals surface area contributed by atoms with Crippen molar-refractivity contribution in [2.24, 2.45) is 0 Å². The maximum atomic E-state index is 11.7. The van der Waals surface area contributed by atoms with E-state index in [0.29, 0.717) is 17.3 Å². The lowest BCUT2D eigenvalue weighted by atomic mass is 10.1. The number of methoxy groups -OCH3 is 1. The highest BCUT2D eigenvalue weighted by Gasteiger charge is 2.25. The highest BCUT2D eigenvalue weighted by Crippen LogP contribution is 2.26. The predicted molar refractivity (Wildman–Crippen MR) is 72.6 cm³/mol. The Morgan fingerprint density at radius 2 is 2.26 bits per heavy atom. The lowest BCUT2D eigenvalue weighted by Gasteiger charge is -2.17. The van der Waals surface area contributed by atoms with E-state index in [1.165, 1.54) is 7.11 Å². The van der Waals surface area contributed by atoms with Crippen LogP contribution >= 0.6 is 0 Å². The zero-order valence-electron chi connectivity index (χ0n) is 11.9. The second-order valence-electron chi connectivity index (χ2n) is 5.10. The molecule has 0 bridgehead atoms. The van der Waals surface area contributed by atoms with Gasteiger partial charge in [-0.15, -0.1) is 0 Å². The fourth-order valence-electron chi connectivity index (χ4n) is 2.32. The third-order valence-electron chi connectivity index (χ3n) is 3.37. The highest BCUT2D eigenvalue weighted by molar-refractivity contribution is 5.94. The maximum Gasteiger partial charge on any atom is 0.343 e. The molecule has 0 N–H and O–H groups in total. The molecule has 6 nitrogen and oxygen atoms in total. The molecule has 1 saturated heterocycles. The maximum absolute atomic E-state index is 11.7. The fraction of sp³-hybridized carbons (Fsp3) is 0.615. The van der Waals surface area contributed by atoms with E-state index >= 15 is 0 Å². The van der Waals surface area contributed by atoms with Crippen LogP contribution < -0.4 is 4.90 Å². The first-order chi connectivity index (χ1) is 9.02. The number of ether oxygens (including phenoxy) is 1. The number of esters is 1. The van der Waals surface area contributed by atoms with Crippen molar-refractivity contribution in [3.63, 3.8) is 0 Å². The van der Waals surface area contributed by atoms with Gasteiger partial charge in [0.2, 0.25) is 0 Å². The second-order valence-corrected chi connectivity index (χ2v) is 5.10. The summed E-state index contributed by atoms with van der Waals surface area (Å²) in [7, 11) is 7.18. The molecule has 1 aromatic heterocycles. The summed E-state index contributed by atoms with van der Waals surface area (Å²) in [6, 6.07) is 0. The number of likely N-dealkylation sites (tertiary alicyclic amines) is 1. The topological polar surface area (TPSA) is 58.6 Å². The van der Waals surface area contributed by atoms with Crippen LogP contribution in [0.15, 0.2) is 6.20 Å². The standard InChI is InChI=1S/C13H20N4O2/c1-16(2)12-10(13(18)19-4)7-14-11(15-12)9-5-6-17(3)8-9/h7,9H,5-6,8H2,1-4H3.